The zero-order chi connectivity index (χ0) is 13.3. The Morgan fingerprint density at radius 2 is 2.00 bits per heavy atom. The van der Waals surface area contributed by atoms with Gasteiger partial charge in [-0.1, -0.05) is 6.07 Å². The van der Waals surface area contributed by atoms with Crippen LogP contribution >= 0.6 is 11.3 Å². The van der Waals surface area contributed by atoms with Gasteiger partial charge in [0, 0.05) is 4.88 Å². The Morgan fingerprint density at radius 1 is 1.28 bits per heavy atom. The Hall–Kier alpha value is -1.49. The third kappa shape index (κ3) is 2.51. The summed E-state index contributed by atoms with van der Waals surface area (Å²) < 4.78 is 26.6. The van der Waals surface area contributed by atoms with Crippen LogP contribution in [-0.2, 0) is 0 Å². The van der Waals surface area contributed by atoms with Gasteiger partial charge in [-0.25, -0.2) is 13.8 Å². The van der Waals surface area contributed by atoms with E-state index in [2.05, 4.69) is 10.3 Å². The maximum atomic E-state index is 13.5. The summed E-state index contributed by atoms with van der Waals surface area (Å²) in [4.78, 5) is 5.49. The molecule has 0 spiro atoms. The van der Waals surface area contributed by atoms with Crippen molar-refractivity contribution in [2.75, 3.05) is 5.32 Å². The lowest BCUT2D eigenvalue weighted by Gasteiger charge is -2.15. The maximum absolute atomic E-state index is 13.5. The summed E-state index contributed by atoms with van der Waals surface area (Å²) >= 11 is 1.60. The number of benzene rings is 1. The van der Waals surface area contributed by atoms with Crippen LogP contribution in [0.1, 0.15) is 28.5 Å². The normalized spacial score (nSPS) is 12.5. The fraction of sp³-hybridized carbons (Fsp3) is 0.308. The highest BCUT2D eigenvalue weighted by Gasteiger charge is 2.15. The molecule has 1 aromatic carbocycles. The number of hydrogen-bond acceptors (Lipinski definition) is 3. The highest BCUT2D eigenvalue weighted by molar-refractivity contribution is 7.11. The Morgan fingerprint density at radius 3 is 2.61 bits per heavy atom. The van der Waals surface area contributed by atoms with Gasteiger partial charge in [0.25, 0.3) is 0 Å². The molecule has 2 aromatic rings. The minimum atomic E-state index is -0.853. The number of nitrogens with one attached hydrogen (secondary N) is 1. The van der Waals surface area contributed by atoms with Gasteiger partial charge in [0.15, 0.2) is 11.6 Å². The highest BCUT2D eigenvalue weighted by Crippen LogP contribution is 2.27. The van der Waals surface area contributed by atoms with Gasteiger partial charge in [0.05, 0.1) is 22.4 Å². The molecule has 0 bridgehead atoms. The van der Waals surface area contributed by atoms with Gasteiger partial charge in [0.2, 0.25) is 0 Å². The maximum Gasteiger partial charge on any atom is 0.181 e. The van der Waals surface area contributed by atoms with Gasteiger partial charge < -0.3 is 5.32 Å². The molecule has 0 radical (unpaired) electrons. The number of halogens is 2. The minimum absolute atomic E-state index is 0.160. The second-order valence-electron chi connectivity index (χ2n) is 4.14. The van der Waals surface area contributed by atoms with Crippen molar-refractivity contribution >= 4 is 17.0 Å². The molecule has 1 unspecified atom stereocenters. The number of aryl methyl sites for hydroxylation is 2. The standard InChI is InChI=1S/C13H14F2N2S/c1-7(13-8(2)18-9(3)17-13)16-11-6-4-5-10(14)12(11)15/h4-7,16H,1-3H3. The van der Waals surface area contributed by atoms with Crippen LogP contribution in [0.25, 0.3) is 0 Å². The van der Waals surface area contributed by atoms with Crippen molar-refractivity contribution in [2.24, 2.45) is 0 Å². The lowest BCUT2D eigenvalue weighted by molar-refractivity contribution is 0.510. The van der Waals surface area contributed by atoms with Crippen molar-refractivity contribution in [1.29, 1.82) is 0 Å². The third-order valence-corrected chi connectivity index (χ3v) is 3.58. The van der Waals surface area contributed by atoms with Crippen molar-refractivity contribution in [3.8, 4) is 0 Å². The Labute approximate surface area is 109 Å². The molecular weight excluding hydrogens is 254 g/mol. The molecule has 0 fully saturated rings. The first-order chi connectivity index (χ1) is 8.49. The summed E-state index contributed by atoms with van der Waals surface area (Å²) in [7, 11) is 0. The van der Waals surface area contributed by atoms with E-state index < -0.39 is 11.6 Å². The molecule has 1 heterocycles. The van der Waals surface area contributed by atoms with Crippen LogP contribution in [0.2, 0.25) is 0 Å². The van der Waals surface area contributed by atoms with Gasteiger partial charge >= 0.3 is 0 Å². The molecule has 1 aromatic heterocycles. The van der Waals surface area contributed by atoms with E-state index in [1.165, 1.54) is 12.1 Å². The first-order valence-corrected chi connectivity index (χ1v) is 6.45. The van der Waals surface area contributed by atoms with Crippen molar-refractivity contribution in [3.63, 3.8) is 0 Å². The second kappa shape index (κ2) is 5.02. The molecular formula is C13H14F2N2S. The lowest BCUT2D eigenvalue weighted by Crippen LogP contribution is -2.10. The van der Waals surface area contributed by atoms with E-state index in [0.29, 0.717) is 0 Å². The van der Waals surface area contributed by atoms with Crippen LogP contribution in [0.15, 0.2) is 18.2 Å². The van der Waals surface area contributed by atoms with Crippen LogP contribution in [-0.4, -0.2) is 4.98 Å². The Bertz CT molecular complexity index is 566. The predicted octanol–water partition coefficient (Wildman–Crippen LogP) is 4.21. The Balaban J connectivity index is 2.24. The number of anilines is 1. The second-order valence-corrected chi connectivity index (χ2v) is 5.55. The number of thiazole rings is 1. The number of rotatable bonds is 3. The molecule has 2 nitrogen and oxygen atoms in total. The molecule has 0 aliphatic heterocycles. The van der Waals surface area contributed by atoms with Crippen molar-refractivity contribution < 1.29 is 8.78 Å². The third-order valence-electron chi connectivity index (χ3n) is 2.67. The topological polar surface area (TPSA) is 24.9 Å². The number of aromatic nitrogens is 1. The first kappa shape index (κ1) is 13.0. The van der Waals surface area contributed by atoms with E-state index in [4.69, 9.17) is 0 Å². The molecule has 18 heavy (non-hydrogen) atoms. The van der Waals surface area contributed by atoms with E-state index in [9.17, 15) is 8.78 Å². The smallest absolute Gasteiger partial charge is 0.181 e. The average Bonchev–Trinajstić information content (AvgIpc) is 2.64. The summed E-state index contributed by atoms with van der Waals surface area (Å²) in [5, 5.41) is 3.92. The van der Waals surface area contributed by atoms with Gasteiger partial charge in [-0.05, 0) is 32.9 Å². The summed E-state index contributed by atoms with van der Waals surface area (Å²) in [6.45, 7) is 5.78. The molecule has 1 atom stereocenters. The molecule has 5 heteroatoms. The molecule has 0 aliphatic rings. The molecule has 0 saturated carbocycles. The van der Waals surface area contributed by atoms with Crippen molar-refractivity contribution in [3.05, 3.63) is 45.4 Å². The summed E-state index contributed by atoms with van der Waals surface area (Å²) in [5.41, 5.74) is 1.04. The highest BCUT2D eigenvalue weighted by atomic mass is 32.1. The van der Waals surface area contributed by atoms with Crippen molar-refractivity contribution in [1.82, 2.24) is 4.98 Å². The van der Waals surface area contributed by atoms with Crippen LogP contribution in [0, 0.1) is 25.5 Å². The van der Waals surface area contributed by atoms with Gasteiger partial charge in [-0.3, -0.25) is 0 Å². The first-order valence-electron chi connectivity index (χ1n) is 5.63. The SMILES string of the molecule is Cc1nc(C(C)Nc2cccc(F)c2F)c(C)s1. The summed E-state index contributed by atoms with van der Waals surface area (Å²) in [6.07, 6.45) is 0. The van der Waals surface area contributed by atoms with Crippen LogP contribution < -0.4 is 5.32 Å². The number of nitrogens with zero attached hydrogens (tertiary/aromatic N) is 1. The van der Waals surface area contributed by atoms with Gasteiger partial charge in [-0.15, -0.1) is 11.3 Å². The van der Waals surface area contributed by atoms with E-state index in [1.54, 1.807) is 11.3 Å². The van der Waals surface area contributed by atoms with E-state index in [1.807, 2.05) is 20.8 Å². The molecule has 2 rings (SSSR count). The van der Waals surface area contributed by atoms with Crippen LogP contribution in [0.3, 0.4) is 0 Å². The molecule has 0 saturated heterocycles. The molecule has 96 valence electrons. The van der Waals surface area contributed by atoms with Crippen molar-refractivity contribution in [2.45, 2.75) is 26.8 Å². The summed E-state index contributed by atoms with van der Waals surface area (Å²) in [6, 6.07) is 3.94. The van der Waals surface area contributed by atoms with Crippen LogP contribution in [0.4, 0.5) is 14.5 Å². The minimum Gasteiger partial charge on any atom is -0.374 e. The molecule has 1 N–H and O–H groups in total. The van der Waals surface area contributed by atoms with Crippen LogP contribution in [0.5, 0.6) is 0 Å². The van der Waals surface area contributed by atoms with E-state index in [-0.39, 0.29) is 11.7 Å². The predicted molar refractivity (Wildman–Crippen MR) is 70.0 cm³/mol. The van der Waals surface area contributed by atoms with E-state index in [0.717, 1.165) is 21.6 Å². The average molecular weight is 268 g/mol. The molecule has 0 amide bonds. The summed E-state index contributed by atoms with van der Waals surface area (Å²) in [5.74, 6) is -1.70. The number of hydrogen-bond donors (Lipinski definition) is 1. The largest absolute Gasteiger partial charge is 0.374 e. The monoisotopic (exact) mass is 268 g/mol. The zero-order valence-corrected chi connectivity index (χ0v) is 11.2. The Kier molecular flexibility index (Phi) is 3.61. The quantitative estimate of drug-likeness (QED) is 0.902. The lowest BCUT2D eigenvalue weighted by atomic mass is 10.2. The van der Waals surface area contributed by atoms with Gasteiger partial charge in [0.1, 0.15) is 0 Å². The fourth-order valence-corrected chi connectivity index (χ4v) is 2.78. The molecule has 0 aliphatic carbocycles. The fourth-order valence-electron chi connectivity index (χ4n) is 1.86. The van der Waals surface area contributed by atoms with E-state index >= 15 is 0 Å². The van der Waals surface area contributed by atoms with Gasteiger partial charge in [-0.2, -0.15) is 0 Å². The zero-order valence-electron chi connectivity index (χ0n) is 10.4.